The molecular formula is C14H23N3O. The quantitative estimate of drug-likeness (QED) is 0.870. The minimum atomic E-state index is -0.0290. The Balaban J connectivity index is 2.24. The second-order valence-electron chi connectivity index (χ2n) is 5.07. The first-order valence-corrected chi connectivity index (χ1v) is 6.91. The fraction of sp³-hybridized carbons (Fsp3) is 0.714. The van der Waals surface area contributed by atoms with Gasteiger partial charge in [0.25, 0.3) is 0 Å². The summed E-state index contributed by atoms with van der Waals surface area (Å²) in [6.07, 6.45) is 7.00. The third-order valence-electron chi connectivity index (χ3n) is 3.68. The first-order chi connectivity index (χ1) is 8.74. The lowest BCUT2D eigenvalue weighted by Gasteiger charge is -2.16. The molecule has 100 valence electrons. The molecular weight excluding hydrogens is 226 g/mol. The zero-order chi connectivity index (χ0) is 13.0. The Morgan fingerprint density at radius 3 is 2.72 bits per heavy atom. The highest BCUT2D eigenvalue weighted by atomic mass is 16.5. The lowest BCUT2D eigenvalue weighted by Crippen LogP contribution is -2.11. The van der Waals surface area contributed by atoms with Crippen LogP contribution < -0.4 is 5.73 Å². The number of nitrogens with two attached hydrogens (primary N) is 1. The monoisotopic (exact) mass is 249 g/mol. The number of nitrogens with zero attached hydrogens (tertiary/aromatic N) is 2. The lowest BCUT2D eigenvalue weighted by atomic mass is 10.0. The molecule has 2 rings (SSSR count). The zero-order valence-corrected chi connectivity index (χ0v) is 11.4. The van der Waals surface area contributed by atoms with Crippen LogP contribution in [-0.2, 0) is 4.74 Å². The van der Waals surface area contributed by atoms with Crippen molar-refractivity contribution in [2.45, 2.75) is 57.5 Å². The molecule has 0 radical (unpaired) electrons. The average molecular weight is 249 g/mol. The van der Waals surface area contributed by atoms with Crippen LogP contribution in [-0.4, -0.2) is 17.1 Å². The summed E-state index contributed by atoms with van der Waals surface area (Å²) >= 11 is 0. The van der Waals surface area contributed by atoms with Crippen molar-refractivity contribution < 1.29 is 4.74 Å². The van der Waals surface area contributed by atoms with E-state index >= 15 is 0 Å². The highest BCUT2D eigenvalue weighted by molar-refractivity contribution is 5.32. The van der Waals surface area contributed by atoms with E-state index in [-0.39, 0.29) is 6.10 Å². The third kappa shape index (κ3) is 2.99. The lowest BCUT2D eigenvalue weighted by molar-refractivity contribution is 0.0874. The summed E-state index contributed by atoms with van der Waals surface area (Å²) in [5, 5.41) is 0. The number of hydrogen-bond acceptors (Lipinski definition) is 4. The third-order valence-corrected chi connectivity index (χ3v) is 3.68. The predicted octanol–water partition coefficient (Wildman–Crippen LogP) is 3.20. The summed E-state index contributed by atoms with van der Waals surface area (Å²) in [5.74, 6) is 1.88. The normalized spacial score (nSPS) is 18.1. The summed E-state index contributed by atoms with van der Waals surface area (Å²) in [6.45, 7) is 2.14. The molecule has 4 heteroatoms. The van der Waals surface area contributed by atoms with Crippen molar-refractivity contribution in [2.75, 3.05) is 12.8 Å². The molecule has 0 amide bonds. The summed E-state index contributed by atoms with van der Waals surface area (Å²) in [4.78, 5) is 9.03. The van der Waals surface area contributed by atoms with Gasteiger partial charge in [-0.2, -0.15) is 0 Å². The molecule has 4 nitrogen and oxygen atoms in total. The molecule has 0 bridgehead atoms. The van der Waals surface area contributed by atoms with Gasteiger partial charge in [-0.3, -0.25) is 0 Å². The maximum atomic E-state index is 5.91. The van der Waals surface area contributed by atoms with Gasteiger partial charge in [0.1, 0.15) is 11.9 Å². The number of hydrogen-bond donors (Lipinski definition) is 1. The number of anilines is 1. The molecule has 0 aromatic carbocycles. The maximum Gasteiger partial charge on any atom is 0.159 e. The second-order valence-corrected chi connectivity index (χ2v) is 5.07. The zero-order valence-electron chi connectivity index (χ0n) is 11.4. The van der Waals surface area contributed by atoms with Crippen molar-refractivity contribution in [1.29, 1.82) is 0 Å². The molecule has 2 N–H and O–H groups in total. The van der Waals surface area contributed by atoms with Crippen LogP contribution in [0.3, 0.4) is 0 Å². The van der Waals surface area contributed by atoms with E-state index < -0.39 is 0 Å². The molecule has 1 heterocycles. The van der Waals surface area contributed by atoms with Gasteiger partial charge in [-0.05, 0) is 19.3 Å². The topological polar surface area (TPSA) is 61.0 Å². The molecule has 1 aromatic rings. The molecule has 1 saturated carbocycles. The maximum absolute atomic E-state index is 5.91. The van der Waals surface area contributed by atoms with Gasteiger partial charge in [0.15, 0.2) is 5.82 Å². The minimum Gasteiger partial charge on any atom is -0.384 e. The van der Waals surface area contributed by atoms with Crippen LogP contribution in [0.5, 0.6) is 0 Å². The Kier molecular flexibility index (Phi) is 4.53. The molecule has 1 aromatic heterocycles. The van der Waals surface area contributed by atoms with E-state index in [1.807, 2.05) is 6.07 Å². The Bertz CT molecular complexity index is 389. The molecule has 1 aliphatic carbocycles. The van der Waals surface area contributed by atoms with Crippen molar-refractivity contribution in [3.63, 3.8) is 0 Å². The first kappa shape index (κ1) is 13.3. The van der Waals surface area contributed by atoms with Crippen molar-refractivity contribution in [1.82, 2.24) is 9.97 Å². The number of ether oxygens (including phenoxy) is 1. The summed E-state index contributed by atoms with van der Waals surface area (Å²) in [7, 11) is 1.71. The predicted molar refractivity (Wildman–Crippen MR) is 72.3 cm³/mol. The van der Waals surface area contributed by atoms with E-state index in [9.17, 15) is 0 Å². The van der Waals surface area contributed by atoms with Gasteiger partial charge in [0.05, 0.1) is 0 Å². The first-order valence-electron chi connectivity index (χ1n) is 6.91. The van der Waals surface area contributed by atoms with E-state index in [0.717, 1.165) is 24.4 Å². The van der Waals surface area contributed by atoms with Crippen LogP contribution in [0.2, 0.25) is 0 Å². The van der Waals surface area contributed by atoms with Gasteiger partial charge >= 0.3 is 0 Å². The van der Waals surface area contributed by atoms with Crippen LogP contribution in [0.1, 0.15) is 69.0 Å². The van der Waals surface area contributed by atoms with Crippen LogP contribution in [0.4, 0.5) is 5.82 Å². The van der Waals surface area contributed by atoms with E-state index in [1.54, 1.807) is 7.11 Å². The van der Waals surface area contributed by atoms with Gasteiger partial charge in [-0.15, -0.1) is 0 Å². The van der Waals surface area contributed by atoms with E-state index in [4.69, 9.17) is 10.5 Å². The van der Waals surface area contributed by atoms with Crippen molar-refractivity contribution >= 4 is 5.82 Å². The highest BCUT2D eigenvalue weighted by Gasteiger charge is 2.21. The van der Waals surface area contributed by atoms with E-state index in [0.29, 0.717) is 11.7 Å². The molecule has 1 aliphatic rings. The fourth-order valence-electron chi connectivity index (χ4n) is 2.69. The van der Waals surface area contributed by atoms with Gasteiger partial charge in [0, 0.05) is 24.8 Å². The van der Waals surface area contributed by atoms with Gasteiger partial charge in [-0.1, -0.05) is 26.2 Å². The van der Waals surface area contributed by atoms with E-state index in [2.05, 4.69) is 16.9 Å². The van der Waals surface area contributed by atoms with Crippen molar-refractivity contribution in [2.24, 2.45) is 0 Å². The standard InChI is InChI=1S/C14H23N3O/c1-3-6-12(18-2)14-16-11(9-13(15)17-14)10-7-4-5-8-10/h9-10,12H,3-8H2,1-2H3,(H2,15,16,17). The van der Waals surface area contributed by atoms with Crippen molar-refractivity contribution in [3.8, 4) is 0 Å². The molecule has 1 atom stereocenters. The molecule has 18 heavy (non-hydrogen) atoms. The van der Waals surface area contributed by atoms with Gasteiger partial charge in [0.2, 0.25) is 0 Å². The average Bonchev–Trinajstić information content (AvgIpc) is 2.89. The smallest absolute Gasteiger partial charge is 0.159 e. The molecule has 0 saturated heterocycles. The number of nitrogen functional groups attached to an aromatic ring is 1. The number of methoxy groups -OCH3 is 1. The minimum absolute atomic E-state index is 0.0290. The molecule has 1 unspecified atom stereocenters. The number of aromatic nitrogens is 2. The van der Waals surface area contributed by atoms with Gasteiger partial charge < -0.3 is 10.5 Å². The fourth-order valence-corrected chi connectivity index (χ4v) is 2.69. The molecule has 0 spiro atoms. The van der Waals surface area contributed by atoms with Crippen LogP contribution in [0.15, 0.2) is 6.07 Å². The second kappa shape index (κ2) is 6.14. The summed E-state index contributed by atoms with van der Waals surface area (Å²) < 4.78 is 5.47. The summed E-state index contributed by atoms with van der Waals surface area (Å²) in [6, 6.07) is 1.93. The van der Waals surface area contributed by atoms with Crippen molar-refractivity contribution in [3.05, 3.63) is 17.6 Å². The Morgan fingerprint density at radius 2 is 2.11 bits per heavy atom. The molecule has 0 aliphatic heterocycles. The van der Waals surface area contributed by atoms with Crippen LogP contribution >= 0.6 is 0 Å². The largest absolute Gasteiger partial charge is 0.384 e. The van der Waals surface area contributed by atoms with E-state index in [1.165, 1.54) is 25.7 Å². The highest BCUT2D eigenvalue weighted by Crippen LogP contribution is 2.34. The molecule has 1 fully saturated rings. The number of rotatable bonds is 5. The summed E-state index contributed by atoms with van der Waals surface area (Å²) in [5.41, 5.74) is 7.01. The Labute approximate surface area is 109 Å². The SMILES string of the molecule is CCCC(OC)c1nc(N)cc(C2CCCC2)n1. The van der Waals surface area contributed by atoms with Crippen LogP contribution in [0, 0.1) is 0 Å². The Morgan fingerprint density at radius 1 is 1.39 bits per heavy atom. The van der Waals surface area contributed by atoms with Crippen LogP contribution in [0.25, 0.3) is 0 Å². The van der Waals surface area contributed by atoms with Gasteiger partial charge in [-0.25, -0.2) is 9.97 Å². The Hall–Kier alpha value is -1.16.